The van der Waals surface area contributed by atoms with Gasteiger partial charge in [-0.05, 0) is 22.8 Å². The molecule has 0 aliphatic carbocycles. The quantitative estimate of drug-likeness (QED) is 0.531. The third-order valence-electron chi connectivity index (χ3n) is 1.18. The Labute approximate surface area is 59.0 Å². The van der Waals surface area contributed by atoms with Crippen molar-refractivity contribution >= 4 is 11.8 Å². The third-order valence-corrected chi connectivity index (χ3v) is 1.96. The molecule has 3 heteroatoms. The maximum Gasteiger partial charge on any atom is 0.0754 e. The maximum absolute atomic E-state index is 5.43. The van der Waals surface area contributed by atoms with Gasteiger partial charge in [0.2, 0.25) is 0 Å². The van der Waals surface area contributed by atoms with Gasteiger partial charge in [0.1, 0.15) is 0 Å². The predicted octanol–water partition coefficient (Wildman–Crippen LogP) is 0.764. The van der Waals surface area contributed by atoms with E-state index in [2.05, 4.69) is 6.08 Å². The molecular weight excluding hydrogens is 132 g/mol. The molecule has 2 nitrogen and oxygen atoms in total. The Morgan fingerprint density at radius 3 is 2.67 bits per heavy atom. The van der Waals surface area contributed by atoms with Crippen molar-refractivity contribution in [3.05, 3.63) is 22.5 Å². The lowest BCUT2D eigenvalue weighted by molar-refractivity contribution is 0.797. The molecular formula is C6H10N2S. The first kappa shape index (κ1) is 6.86. The van der Waals surface area contributed by atoms with E-state index in [4.69, 9.17) is 11.5 Å². The van der Waals surface area contributed by atoms with Gasteiger partial charge in [0.05, 0.1) is 6.17 Å². The van der Waals surface area contributed by atoms with E-state index >= 15 is 0 Å². The zero-order valence-corrected chi connectivity index (χ0v) is 5.90. The minimum atomic E-state index is -0.276. The minimum Gasteiger partial charge on any atom is -0.313 e. The molecule has 0 aromatic heterocycles. The molecule has 1 aliphatic rings. The SMILES string of the molecule is NC(N)C1=CSC=CC1. The molecule has 0 atom stereocenters. The second kappa shape index (κ2) is 3.06. The summed E-state index contributed by atoms with van der Waals surface area (Å²) >= 11 is 1.63. The lowest BCUT2D eigenvalue weighted by atomic mass is 10.2. The Hall–Kier alpha value is -0.250. The molecule has 0 saturated heterocycles. The Bertz CT molecular complexity index is 149. The molecule has 0 aromatic carbocycles. The van der Waals surface area contributed by atoms with E-state index < -0.39 is 0 Å². The van der Waals surface area contributed by atoms with E-state index in [1.165, 1.54) is 0 Å². The van der Waals surface area contributed by atoms with Crippen molar-refractivity contribution in [1.29, 1.82) is 0 Å². The van der Waals surface area contributed by atoms with Gasteiger partial charge in [-0.1, -0.05) is 6.08 Å². The second-order valence-electron chi connectivity index (χ2n) is 1.93. The average Bonchev–Trinajstić information content (AvgIpc) is 1.90. The van der Waals surface area contributed by atoms with Crippen molar-refractivity contribution < 1.29 is 0 Å². The van der Waals surface area contributed by atoms with E-state index in [0.717, 1.165) is 12.0 Å². The molecule has 0 bridgehead atoms. The van der Waals surface area contributed by atoms with Gasteiger partial charge in [0.15, 0.2) is 0 Å². The van der Waals surface area contributed by atoms with E-state index in [0.29, 0.717) is 0 Å². The summed E-state index contributed by atoms with van der Waals surface area (Å²) in [5.74, 6) is 0. The molecule has 1 heterocycles. The zero-order valence-electron chi connectivity index (χ0n) is 5.08. The van der Waals surface area contributed by atoms with Crippen LogP contribution < -0.4 is 11.5 Å². The Morgan fingerprint density at radius 2 is 2.33 bits per heavy atom. The van der Waals surface area contributed by atoms with Crippen LogP contribution in [0.4, 0.5) is 0 Å². The number of allylic oxidation sites excluding steroid dienone is 1. The number of thioether (sulfide) groups is 1. The molecule has 0 amide bonds. The van der Waals surface area contributed by atoms with Crippen LogP contribution in [0.3, 0.4) is 0 Å². The van der Waals surface area contributed by atoms with Crippen LogP contribution in [0.25, 0.3) is 0 Å². The van der Waals surface area contributed by atoms with E-state index in [1.807, 2.05) is 10.8 Å². The Morgan fingerprint density at radius 1 is 1.56 bits per heavy atom. The van der Waals surface area contributed by atoms with Crippen molar-refractivity contribution in [1.82, 2.24) is 0 Å². The van der Waals surface area contributed by atoms with Crippen LogP contribution in [0.15, 0.2) is 22.5 Å². The first-order valence-corrected chi connectivity index (χ1v) is 3.75. The van der Waals surface area contributed by atoms with Crippen molar-refractivity contribution in [3.8, 4) is 0 Å². The molecule has 9 heavy (non-hydrogen) atoms. The lowest BCUT2D eigenvalue weighted by Gasteiger charge is -2.10. The van der Waals surface area contributed by atoms with Crippen LogP contribution in [0, 0.1) is 0 Å². The topological polar surface area (TPSA) is 52.0 Å². The standard InChI is InChI=1S/C6H10N2S/c7-6(8)5-2-1-3-9-4-5/h1,3-4,6H,2,7-8H2. The lowest BCUT2D eigenvalue weighted by Crippen LogP contribution is -2.32. The fourth-order valence-corrected chi connectivity index (χ4v) is 1.34. The molecule has 1 rings (SSSR count). The zero-order chi connectivity index (χ0) is 6.69. The largest absolute Gasteiger partial charge is 0.313 e. The summed E-state index contributed by atoms with van der Waals surface area (Å²) in [6.07, 6.45) is 2.69. The van der Waals surface area contributed by atoms with Gasteiger partial charge < -0.3 is 11.5 Å². The van der Waals surface area contributed by atoms with Crippen LogP contribution in [0.1, 0.15) is 6.42 Å². The molecule has 4 N–H and O–H groups in total. The van der Waals surface area contributed by atoms with Gasteiger partial charge in [-0.3, -0.25) is 0 Å². The molecule has 0 fully saturated rings. The van der Waals surface area contributed by atoms with Crippen LogP contribution in [0.2, 0.25) is 0 Å². The smallest absolute Gasteiger partial charge is 0.0754 e. The summed E-state index contributed by atoms with van der Waals surface area (Å²) < 4.78 is 0. The van der Waals surface area contributed by atoms with Crippen molar-refractivity contribution in [2.75, 3.05) is 0 Å². The normalized spacial score (nSPS) is 18.3. The summed E-state index contributed by atoms with van der Waals surface area (Å²) in [6.45, 7) is 0. The molecule has 0 saturated carbocycles. The summed E-state index contributed by atoms with van der Waals surface area (Å²) in [6, 6.07) is 0. The molecule has 0 aromatic rings. The highest BCUT2D eigenvalue weighted by molar-refractivity contribution is 8.04. The van der Waals surface area contributed by atoms with Crippen LogP contribution >= 0.6 is 11.8 Å². The number of rotatable bonds is 1. The van der Waals surface area contributed by atoms with Gasteiger partial charge in [-0.25, -0.2) is 0 Å². The molecule has 50 valence electrons. The van der Waals surface area contributed by atoms with Crippen LogP contribution in [-0.2, 0) is 0 Å². The maximum atomic E-state index is 5.43. The fourth-order valence-electron chi connectivity index (χ4n) is 0.629. The van der Waals surface area contributed by atoms with Crippen molar-refractivity contribution in [3.63, 3.8) is 0 Å². The van der Waals surface area contributed by atoms with Gasteiger partial charge in [0, 0.05) is 0 Å². The predicted molar refractivity (Wildman–Crippen MR) is 41.6 cm³/mol. The third kappa shape index (κ3) is 1.86. The summed E-state index contributed by atoms with van der Waals surface area (Å²) in [4.78, 5) is 0. The second-order valence-corrected chi connectivity index (χ2v) is 2.71. The van der Waals surface area contributed by atoms with Crippen molar-refractivity contribution in [2.45, 2.75) is 12.6 Å². The summed E-state index contributed by atoms with van der Waals surface area (Å²) in [7, 11) is 0. The van der Waals surface area contributed by atoms with Gasteiger partial charge in [0.25, 0.3) is 0 Å². The highest BCUT2D eigenvalue weighted by Gasteiger charge is 2.02. The highest BCUT2D eigenvalue weighted by atomic mass is 32.2. The van der Waals surface area contributed by atoms with E-state index in [9.17, 15) is 0 Å². The average molecular weight is 142 g/mol. The fraction of sp³-hybridized carbons (Fsp3) is 0.333. The van der Waals surface area contributed by atoms with Gasteiger partial charge in [-0.2, -0.15) is 0 Å². The van der Waals surface area contributed by atoms with Gasteiger partial charge in [-0.15, -0.1) is 11.8 Å². The first-order valence-electron chi connectivity index (χ1n) is 2.81. The number of nitrogens with two attached hydrogens (primary N) is 2. The molecule has 0 spiro atoms. The molecule has 0 unspecified atom stereocenters. The first-order chi connectivity index (χ1) is 4.30. The van der Waals surface area contributed by atoms with E-state index in [1.54, 1.807) is 11.8 Å². The summed E-state index contributed by atoms with van der Waals surface area (Å²) in [5.41, 5.74) is 12.0. The number of hydrogen-bond acceptors (Lipinski definition) is 3. The van der Waals surface area contributed by atoms with Crippen LogP contribution in [0.5, 0.6) is 0 Å². The monoisotopic (exact) mass is 142 g/mol. The minimum absolute atomic E-state index is 0.276. The Kier molecular flexibility index (Phi) is 2.33. The number of hydrogen-bond donors (Lipinski definition) is 2. The summed E-state index contributed by atoms with van der Waals surface area (Å²) in [5, 5.41) is 4.04. The van der Waals surface area contributed by atoms with Gasteiger partial charge >= 0.3 is 0 Å². The van der Waals surface area contributed by atoms with Crippen LogP contribution in [-0.4, -0.2) is 6.17 Å². The molecule has 1 aliphatic heterocycles. The Balaban J connectivity index is 2.50. The highest BCUT2D eigenvalue weighted by Crippen LogP contribution is 2.18. The molecule has 0 radical (unpaired) electrons. The van der Waals surface area contributed by atoms with Crippen molar-refractivity contribution in [2.24, 2.45) is 11.5 Å². The van der Waals surface area contributed by atoms with E-state index in [-0.39, 0.29) is 6.17 Å².